The molecule has 0 aromatic rings. The lowest BCUT2D eigenvalue weighted by Gasteiger charge is -2.22. The van der Waals surface area contributed by atoms with Crippen molar-refractivity contribution in [3.8, 4) is 0 Å². The van der Waals surface area contributed by atoms with Gasteiger partial charge in [0.1, 0.15) is 0 Å². The second-order valence-electron chi connectivity index (χ2n) is 2.09. The van der Waals surface area contributed by atoms with Crippen molar-refractivity contribution in [3.63, 3.8) is 0 Å². The summed E-state index contributed by atoms with van der Waals surface area (Å²) in [4.78, 5) is 0. The molecule has 0 bridgehead atoms. The summed E-state index contributed by atoms with van der Waals surface area (Å²) < 4.78 is 0. The van der Waals surface area contributed by atoms with Gasteiger partial charge in [-0.3, -0.25) is 0 Å². The first kappa shape index (κ1) is 6.01. The van der Waals surface area contributed by atoms with E-state index in [1.54, 1.807) is 0 Å². The number of piperazine rings is 1. The minimum absolute atomic E-state index is 0.503. The van der Waals surface area contributed by atoms with Gasteiger partial charge in [-0.05, 0) is 0 Å². The van der Waals surface area contributed by atoms with Gasteiger partial charge < -0.3 is 16.4 Å². The Labute approximate surface area is 49.6 Å². The zero-order chi connectivity index (χ0) is 5.82. The third-order valence-corrected chi connectivity index (χ3v) is 1.41. The van der Waals surface area contributed by atoms with Crippen molar-refractivity contribution in [1.29, 1.82) is 0 Å². The molecule has 1 fully saturated rings. The fraction of sp³-hybridized carbons (Fsp3) is 1.00. The van der Waals surface area contributed by atoms with Crippen LogP contribution in [-0.4, -0.2) is 32.2 Å². The van der Waals surface area contributed by atoms with E-state index in [0.717, 1.165) is 26.2 Å². The number of hydrogen-bond donors (Lipinski definition) is 3. The molecule has 0 amide bonds. The molecule has 0 aromatic carbocycles. The molecule has 0 unspecified atom stereocenters. The van der Waals surface area contributed by atoms with Gasteiger partial charge in [0.25, 0.3) is 0 Å². The highest BCUT2D eigenvalue weighted by atomic mass is 15.1. The van der Waals surface area contributed by atoms with Gasteiger partial charge in [0.2, 0.25) is 0 Å². The van der Waals surface area contributed by atoms with E-state index in [4.69, 9.17) is 5.73 Å². The first-order valence-electron chi connectivity index (χ1n) is 3.07. The Morgan fingerprint density at radius 2 is 2.38 bits per heavy atom. The van der Waals surface area contributed by atoms with Gasteiger partial charge in [0, 0.05) is 32.2 Å². The molecule has 3 heteroatoms. The fourth-order valence-corrected chi connectivity index (χ4v) is 0.880. The Hall–Kier alpha value is -0.120. The van der Waals surface area contributed by atoms with Crippen molar-refractivity contribution in [3.05, 3.63) is 0 Å². The minimum atomic E-state index is 0.503. The number of rotatable bonds is 1. The maximum atomic E-state index is 5.40. The molecule has 1 atom stereocenters. The van der Waals surface area contributed by atoms with Gasteiger partial charge >= 0.3 is 0 Å². The average Bonchev–Trinajstić information content (AvgIpc) is 1.90. The van der Waals surface area contributed by atoms with Crippen LogP contribution in [0.1, 0.15) is 0 Å². The average molecular weight is 115 g/mol. The zero-order valence-electron chi connectivity index (χ0n) is 4.98. The van der Waals surface area contributed by atoms with E-state index >= 15 is 0 Å². The summed E-state index contributed by atoms with van der Waals surface area (Å²) in [5, 5.41) is 6.52. The van der Waals surface area contributed by atoms with Gasteiger partial charge in [-0.15, -0.1) is 0 Å². The van der Waals surface area contributed by atoms with Crippen LogP contribution in [0.4, 0.5) is 0 Å². The molecule has 1 aliphatic heterocycles. The van der Waals surface area contributed by atoms with Crippen molar-refractivity contribution >= 4 is 0 Å². The van der Waals surface area contributed by atoms with Crippen molar-refractivity contribution in [2.24, 2.45) is 5.73 Å². The van der Waals surface area contributed by atoms with Gasteiger partial charge in [-0.2, -0.15) is 0 Å². The minimum Gasteiger partial charge on any atom is -0.329 e. The fourth-order valence-electron chi connectivity index (χ4n) is 0.880. The van der Waals surface area contributed by atoms with Crippen molar-refractivity contribution in [1.82, 2.24) is 10.6 Å². The molecule has 4 N–H and O–H groups in total. The largest absolute Gasteiger partial charge is 0.329 e. The molecule has 3 nitrogen and oxygen atoms in total. The van der Waals surface area contributed by atoms with Gasteiger partial charge in [0.15, 0.2) is 0 Å². The van der Waals surface area contributed by atoms with Crippen LogP contribution < -0.4 is 16.4 Å². The van der Waals surface area contributed by atoms with E-state index < -0.39 is 0 Å². The molecule has 0 saturated carbocycles. The molecule has 0 spiro atoms. The summed E-state index contributed by atoms with van der Waals surface area (Å²) in [5.41, 5.74) is 5.40. The normalized spacial score (nSPS) is 30.4. The van der Waals surface area contributed by atoms with E-state index in [0.29, 0.717) is 6.04 Å². The third-order valence-electron chi connectivity index (χ3n) is 1.41. The van der Waals surface area contributed by atoms with Crippen LogP contribution in [0.5, 0.6) is 0 Å². The Bertz CT molecular complexity index is 58.7. The van der Waals surface area contributed by atoms with E-state index in [9.17, 15) is 0 Å². The molecule has 0 aliphatic carbocycles. The summed E-state index contributed by atoms with van der Waals surface area (Å²) in [6, 6.07) is 0.503. The van der Waals surface area contributed by atoms with Gasteiger partial charge in [0.05, 0.1) is 0 Å². The van der Waals surface area contributed by atoms with Crippen LogP contribution >= 0.6 is 0 Å². The number of nitrogens with two attached hydrogens (primary N) is 1. The summed E-state index contributed by atoms with van der Waals surface area (Å²) in [6.45, 7) is 3.90. The second-order valence-corrected chi connectivity index (χ2v) is 2.09. The Balaban J connectivity index is 2.13. The molecular weight excluding hydrogens is 102 g/mol. The lowest BCUT2D eigenvalue weighted by atomic mass is 10.2. The summed E-state index contributed by atoms with van der Waals surface area (Å²) >= 11 is 0. The van der Waals surface area contributed by atoms with Crippen molar-refractivity contribution in [2.45, 2.75) is 6.04 Å². The van der Waals surface area contributed by atoms with E-state index in [1.807, 2.05) is 0 Å². The van der Waals surface area contributed by atoms with Crippen LogP contribution in [0.3, 0.4) is 0 Å². The standard InChI is InChI=1S/C5H13N3/c6-3-5-4-7-1-2-8-5/h5,7-8H,1-4,6H2/t5-/m1/s1. The topological polar surface area (TPSA) is 50.1 Å². The van der Waals surface area contributed by atoms with Crippen LogP contribution in [-0.2, 0) is 0 Å². The SMILES string of the molecule is NC[C@@H]1CNCCN1. The second kappa shape index (κ2) is 3.02. The monoisotopic (exact) mass is 115 g/mol. The first-order valence-corrected chi connectivity index (χ1v) is 3.07. The highest BCUT2D eigenvalue weighted by Gasteiger charge is 2.07. The molecule has 0 radical (unpaired) electrons. The molecule has 1 heterocycles. The molecule has 48 valence electrons. The lowest BCUT2D eigenvalue weighted by molar-refractivity contribution is 0.425. The van der Waals surface area contributed by atoms with Crippen LogP contribution in [0.15, 0.2) is 0 Å². The molecule has 8 heavy (non-hydrogen) atoms. The van der Waals surface area contributed by atoms with Gasteiger partial charge in [-0.1, -0.05) is 0 Å². The van der Waals surface area contributed by atoms with Crippen LogP contribution in [0, 0.1) is 0 Å². The summed E-state index contributed by atoms with van der Waals surface area (Å²) in [6.07, 6.45) is 0. The van der Waals surface area contributed by atoms with Gasteiger partial charge in [-0.25, -0.2) is 0 Å². The Morgan fingerprint density at radius 3 is 2.75 bits per heavy atom. The highest BCUT2D eigenvalue weighted by Crippen LogP contribution is 1.80. The number of hydrogen-bond acceptors (Lipinski definition) is 3. The maximum absolute atomic E-state index is 5.40. The third kappa shape index (κ3) is 1.43. The van der Waals surface area contributed by atoms with Crippen LogP contribution in [0.2, 0.25) is 0 Å². The first-order chi connectivity index (χ1) is 3.93. The van der Waals surface area contributed by atoms with E-state index in [1.165, 1.54) is 0 Å². The predicted octanol–water partition coefficient (Wildman–Crippen LogP) is -1.49. The predicted molar refractivity (Wildman–Crippen MR) is 33.7 cm³/mol. The highest BCUT2D eigenvalue weighted by molar-refractivity contribution is 4.75. The van der Waals surface area contributed by atoms with Crippen molar-refractivity contribution < 1.29 is 0 Å². The van der Waals surface area contributed by atoms with E-state index in [2.05, 4.69) is 10.6 Å². The summed E-state index contributed by atoms with van der Waals surface area (Å²) in [7, 11) is 0. The van der Waals surface area contributed by atoms with Crippen LogP contribution in [0.25, 0.3) is 0 Å². The smallest absolute Gasteiger partial charge is 0.0315 e. The molecule has 1 saturated heterocycles. The van der Waals surface area contributed by atoms with Crippen molar-refractivity contribution in [2.75, 3.05) is 26.2 Å². The Kier molecular flexibility index (Phi) is 2.27. The molecule has 1 rings (SSSR count). The lowest BCUT2D eigenvalue weighted by Crippen LogP contribution is -2.51. The quantitative estimate of drug-likeness (QED) is 0.390. The maximum Gasteiger partial charge on any atom is 0.0315 e. The zero-order valence-corrected chi connectivity index (χ0v) is 4.98. The molecule has 0 aromatic heterocycles. The van der Waals surface area contributed by atoms with E-state index in [-0.39, 0.29) is 0 Å². The number of nitrogens with one attached hydrogen (secondary N) is 2. The molecule has 1 aliphatic rings. The summed E-state index contributed by atoms with van der Waals surface area (Å²) in [5.74, 6) is 0. The Morgan fingerprint density at radius 1 is 1.50 bits per heavy atom. The molecular formula is C5H13N3.